The molecule has 0 unspecified atom stereocenters. The van der Waals surface area contributed by atoms with Crippen LogP contribution in [0.1, 0.15) is 0 Å². The molecule has 0 fully saturated rings. The number of hydrogen-bond donors (Lipinski definition) is 1. The van der Waals surface area contributed by atoms with E-state index in [9.17, 15) is 0 Å². The number of aromatic hydroxyl groups is 1. The Morgan fingerprint density at radius 3 is 2.78 bits per heavy atom. The highest BCUT2D eigenvalue weighted by Crippen LogP contribution is 2.20. The van der Waals surface area contributed by atoms with E-state index >= 15 is 0 Å². The van der Waals surface area contributed by atoms with Gasteiger partial charge in [-0.15, -0.1) is 0 Å². The Bertz CT molecular complexity index is 228. The van der Waals surface area contributed by atoms with Gasteiger partial charge >= 0.3 is 0 Å². The van der Waals surface area contributed by atoms with Crippen LogP contribution in [0.3, 0.4) is 0 Å². The van der Waals surface area contributed by atoms with Crippen LogP contribution in [0, 0.1) is 3.57 Å². The lowest BCUT2D eigenvalue weighted by Gasteiger charge is -1.93. The molecule has 2 nitrogen and oxygen atoms in total. The van der Waals surface area contributed by atoms with Gasteiger partial charge in [0.15, 0.2) is 10.9 Å². The van der Waals surface area contributed by atoms with E-state index in [-0.39, 0.29) is 10.9 Å². The summed E-state index contributed by atoms with van der Waals surface area (Å²) in [5.41, 5.74) is 0. The van der Waals surface area contributed by atoms with Gasteiger partial charge in [0.1, 0.15) is 0 Å². The van der Waals surface area contributed by atoms with Crippen LogP contribution in [-0.2, 0) is 0 Å². The van der Waals surface area contributed by atoms with Gasteiger partial charge in [-0.25, -0.2) is 4.98 Å². The van der Waals surface area contributed by atoms with Crippen molar-refractivity contribution >= 4 is 34.2 Å². The van der Waals surface area contributed by atoms with E-state index in [1.807, 2.05) is 22.6 Å². The Kier molecular flexibility index (Phi) is 2.13. The van der Waals surface area contributed by atoms with Crippen LogP contribution < -0.4 is 0 Å². The van der Waals surface area contributed by atoms with E-state index in [1.54, 1.807) is 12.3 Å². The van der Waals surface area contributed by atoms with Crippen molar-refractivity contribution in [1.82, 2.24) is 4.98 Å². The molecule has 0 aliphatic heterocycles. The maximum Gasteiger partial charge on any atom is 0.170 e. The summed E-state index contributed by atoms with van der Waals surface area (Å²) >= 11 is 7.46. The molecular formula is C5H3ClINO. The van der Waals surface area contributed by atoms with Gasteiger partial charge in [0, 0.05) is 9.77 Å². The molecule has 1 aromatic heterocycles. The smallest absolute Gasteiger partial charge is 0.170 e. The number of nitrogens with zero attached hydrogens (tertiary/aromatic N) is 1. The molecule has 0 saturated carbocycles. The number of hydrogen-bond acceptors (Lipinski definition) is 2. The number of halogens is 2. The second-order valence-corrected chi connectivity index (χ2v) is 3.07. The molecule has 1 heterocycles. The molecule has 1 aromatic rings. The fraction of sp³-hybridized carbons (Fsp3) is 0. The van der Waals surface area contributed by atoms with Gasteiger partial charge in [-0.2, -0.15) is 0 Å². The van der Waals surface area contributed by atoms with Gasteiger partial charge in [-0.3, -0.25) is 0 Å². The van der Waals surface area contributed by atoms with Crippen molar-refractivity contribution < 1.29 is 5.11 Å². The highest BCUT2D eigenvalue weighted by atomic mass is 127. The lowest BCUT2D eigenvalue weighted by atomic mass is 10.5. The van der Waals surface area contributed by atoms with Crippen molar-refractivity contribution in [1.29, 1.82) is 0 Å². The second-order valence-electron chi connectivity index (χ2n) is 1.46. The van der Waals surface area contributed by atoms with E-state index in [0.717, 1.165) is 3.57 Å². The molecule has 0 spiro atoms. The predicted molar refractivity (Wildman–Crippen MR) is 43.6 cm³/mol. The molecule has 0 bridgehead atoms. The van der Waals surface area contributed by atoms with Crippen molar-refractivity contribution in [3.63, 3.8) is 0 Å². The quantitative estimate of drug-likeness (QED) is 0.568. The normalized spacial score (nSPS) is 9.56. The van der Waals surface area contributed by atoms with Gasteiger partial charge in [-0.1, -0.05) is 11.6 Å². The summed E-state index contributed by atoms with van der Waals surface area (Å²) in [6.45, 7) is 0. The number of pyridine rings is 1. The maximum atomic E-state index is 8.90. The zero-order valence-corrected chi connectivity index (χ0v) is 7.22. The minimum atomic E-state index is 0.0311. The van der Waals surface area contributed by atoms with Gasteiger partial charge in [0.05, 0.1) is 0 Å². The standard InChI is InChI=1S/C5H3ClINO/c6-5-4(9)1-3(7)2-8-5/h1-2,9H. The SMILES string of the molecule is Oc1cc(I)cnc1Cl. The Balaban J connectivity index is 3.17. The molecule has 1 N–H and O–H groups in total. The third-order valence-electron chi connectivity index (χ3n) is 0.787. The molecule has 0 atom stereocenters. The van der Waals surface area contributed by atoms with Crippen LogP contribution in [0.25, 0.3) is 0 Å². The highest BCUT2D eigenvalue weighted by molar-refractivity contribution is 14.1. The average molecular weight is 255 g/mol. The van der Waals surface area contributed by atoms with E-state index in [1.165, 1.54) is 0 Å². The minimum absolute atomic E-state index is 0.0311. The summed E-state index contributed by atoms with van der Waals surface area (Å²) in [6, 6.07) is 1.55. The van der Waals surface area contributed by atoms with E-state index in [0.29, 0.717) is 0 Å². The molecule has 0 aliphatic carbocycles. The van der Waals surface area contributed by atoms with Crippen molar-refractivity contribution in [2.45, 2.75) is 0 Å². The lowest BCUT2D eigenvalue weighted by molar-refractivity contribution is 0.472. The first kappa shape index (κ1) is 7.08. The summed E-state index contributed by atoms with van der Waals surface area (Å²) < 4.78 is 0.870. The van der Waals surface area contributed by atoms with E-state index in [4.69, 9.17) is 16.7 Å². The highest BCUT2D eigenvalue weighted by Gasteiger charge is 1.96. The average Bonchev–Trinajstić information content (AvgIpc) is 1.80. The van der Waals surface area contributed by atoms with Gasteiger partial charge < -0.3 is 5.11 Å². The molecule has 0 amide bonds. The minimum Gasteiger partial charge on any atom is -0.505 e. The van der Waals surface area contributed by atoms with Gasteiger partial charge in [-0.05, 0) is 28.7 Å². The summed E-state index contributed by atoms with van der Waals surface area (Å²) in [6.07, 6.45) is 1.59. The molecule has 0 radical (unpaired) electrons. The van der Waals surface area contributed by atoms with Crippen LogP contribution in [0.2, 0.25) is 5.15 Å². The van der Waals surface area contributed by atoms with Crippen molar-refractivity contribution in [2.24, 2.45) is 0 Å². The fourth-order valence-corrected chi connectivity index (χ4v) is 0.949. The summed E-state index contributed by atoms with van der Waals surface area (Å²) in [4.78, 5) is 3.69. The van der Waals surface area contributed by atoms with Crippen LogP contribution in [0.4, 0.5) is 0 Å². The van der Waals surface area contributed by atoms with Crippen molar-refractivity contribution in [3.8, 4) is 5.75 Å². The molecular weight excluding hydrogens is 252 g/mol. The molecule has 0 saturated heterocycles. The zero-order chi connectivity index (χ0) is 6.85. The number of aromatic nitrogens is 1. The van der Waals surface area contributed by atoms with Crippen LogP contribution in [-0.4, -0.2) is 10.1 Å². The number of rotatable bonds is 0. The van der Waals surface area contributed by atoms with Gasteiger partial charge in [0.25, 0.3) is 0 Å². The molecule has 0 aliphatic rings. The zero-order valence-electron chi connectivity index (χ0n) is 4.31. The monoisotopic (exact) mass is 255 g/mol. The summed E-state index contributed by atoms with van der Waals surface area (Å²) in [5.74, 6) is 0.0311. The third-order valence-corrected chi connectivity index (χ3v) is 1.67. The Morgan fingerprint density at radius 1 is 1.67 bits per heavy atom. The van der Waals surface area contributed by atoms with Gasteiger partial charge in [0.2, 0.25) is 0 Å². The van der Waals surface area contributed by atoms with Crippen LogP contribution in [0.15, 0.2) is 12.3 Å². The van der Waals surface area contributed by atoms with Crippen LogP contribution >= 0.6 is 34.2 Å². The molecule has 1 rings (SSSR count). The lowest BCUT2D eigenvalue weighted by Crippen LogP contribution is -1.76. The first-order chi connectivity index (χ1) is 4.20. The third kappa shape index (κ3) is 1.69. The molecule has 4 heteroatoms. The fourth-order valence-electron chi connectivity index (χ4n) is 0.412. The Hall–Kier alpha value is -0.0300. The Labute approximate surface area is 71.0 Å². The van der Waals surface area contributed by atoms with Crippen LogP contribution in [0.5, 0.6) is 5.75 Å². The maximum absolute atomic E-state index is 8.90. The van der Waals surface area contributed by atoms with Crippen molar-refractivity contribution in [3.05, 3.63) is 21.0 Å². The Morgan fingerprint density at radius 2 is 2.33 bits per heavy atom. The topological polar surface area (TPSA) is 33.1 Å². The predicted octanol–water partition coefficient (Wildman–Crippen LogP) is 2.05. The second kappa shape index (κ2) is 2.70. The molecule has 48 valence electrons. The first-order valence-electron chi connectivity index (χ1n) is 2.20. The molecule has 9 heavy (non-hydrogen) atoms. The summed E-state index contributed by atoms with van der Waals surface area (Å²) in [7, 11) is 0. The van der Waals surface area contributed by atoms with E-state index < -0.39 is 0 Å². The summed E-state index contributed by atoms with van der Waals surface area (Å²) in [5, 5.41) is 9.05. The van der Waals surface area contributed by atoms with Crippen molar-refractivity contribution in [2.75, 3.05) is 0 Å². The molecule has 0 aromatic carbocycles. The largest absolute Gasteiger partial charge is 0.505 e. The first-order valence-corrected chi connectivity index (χ1v) is 3.66. The van der Waals surface area contributed by atoms with E-state index in [2.05, 4.69) is 4.98 Å².